The number of nitrogens with zero attached hydrogens (tertiary/aromatic N) is 3. The van der Waals surface area contributed by atoms with Crippen LogP contribution in [0.3, 0.4) is 0 Å². The maximum atomic E-state index is 4.55. The Morgan fingerprint density at radius 3 is 2.94 bits per heavy atom. The van der Waals surface area contributed by atoms with Crippen LogP contribution in [0.5, 0.6) is 0 Å². The summed E-state index contributed by atoms with van der Waals surface area (Å²) < 4.78 is 2.16. The van der Waals surface area contributed by atoms with E-state index in [0.717, 1.165) is 31.0 Å². The maximum Gasteiger partial charge on any atom is 0.105 e. The van der Waals surface area contributed by atoms with Crippen LogP contribution in [0.25, 0.3) is 0 Å². The molecule has 0 unspecified atom stereocenters. The molecule has 0 radical (unpaired) electrons. The minimum Gasteiger partial charge on any atom is -0.334 e. The van der Waals surface area contributed by atoms with Crippen molar-refractivity contribution in [2.24, 2.45) is 0 Å². The normalized spacial score (nSPS) is 12.8. The summed E-state index contributed by atoms with van der Waals surface area (Å²) in [5.41, 5.74) is 1.14. The Kier molecular flexibility index (Phi) is 4.49. The summed E-state index contributed by atoms with van der Waals surface area (Å²) >= 11 is 1.74. The summed E-state index contributed by atoms with van der Waals surface area (Å²) in [5, 5.41) is 6.85. The van der Waals surface area contributed by atoms with Gasteiger partial charge >= 0.3 is 0 Å². The third kappa shape index (κ3) is 3.40. The molecule has 0 aromatic carbocycles. The van der Waals surface area contributed by atoms with E-state index in [1.807, 2.05) is 19.3 Å². The van der Waals surface area contributed by atoms with E-state index in [1.165, 1.54) is 5.01 Å². The molecule has 18 heavy (non-hydrogen) atoms. The van der Waals surface area contributed by atoms with E-state index >= 15 is 0 Å². The van der Waals surface area contributed by atoms with Gasteiger partial charge in [0.25, 0.3) is 0 Å². The number of nitrogens with one attached hydrogen (secondary N) is 1. The van der Waals surface area contributed by atoms with E-state index in [4.69, 9.17) is 0 Å². The van der Waals surface area contributed by atoms with E-state index in [0.29, 0.717) is 6.04 Å². The smallest absolute Gasteiger partial charge is 0.105 e. The SMILES string of the molecule is CCc1nc(CN[C@H](C)Cn2ccnc2C)cs1. The fourth-order valence-electron chi connectivity index (χ4n) is 1.83. The quantitative estimate of drug-likeness (QED) is 0.871. The van der Waals surface area contributed by atoms with Crippen molar-refractivity contribution >= 4 is 11.3 Å². The van der Waals surface area contributed by atoms with Gasteiger partial charge in [-0.25, -0.2) is 9.97 Å². The van der Waals surface area contributed by atoms with Crippen LogP contribution in [-0.2, 0) is 19.5 Å². The zero-order chi connectivity index (χ0) is 13.0. The molecule has 4 nitrogen and oxygen atoms in total. The van der Waals surface area contributed by atoms with Crippen LogP contribution in [0, 0.1) is 6.92 Å². The highest BCUT2D eigenvalue weighted by atomic mass is 32.1. The minimum atomic E-state index is 0.407. The summed E-state index contributed by atoms with van der Waals surface area (Å²) in [4.78, 5) is 8.78. The van der Waals surface area contributed by atoms with Gasteiger partial charge in [-0.3, -0.25) is 0 Å². The first-order chi connectivity index (χ1) is 8.69. The maximum absolute atomic E-state index is 4.55. The van der Waals surface area contributed by atoms with Crippen molar-refractivity contribution in [2.45, 2.75) is 46.3 Å². The second kappa shape index (κ2) is 6.11. The number of rotatable bonds is 6. The van der Waals surface area contributed by atoms with Crippen molar-refractivity contribution in [3.05, 3.63) is 34.3 Å². The number of thiazole rings is 1. The van der Waals surface area contributed by atoms with Gasteiger partial charge in [-0.1, -0.05) is 6.92 Å². The number of imidazole rings is 1. The minimum absolute atomic E-state index is 0.407. The first kappa shape index (κ1) is 13.2. The molecule has 98 valence electrons. The Morgan fingerprint density at radius 1 is 1.50 bits per heavy atom. The molecule has 0 aliphatic carbocycles. The van der Waals surface area contributed by atoms with Crippen LogP contribution in [0.15, 0.2) is 17.8 Å². The van der Waals surface area contributed by atoms with Gasteiger partial charge in [0, 0.05) is 36.9 Å². The van der Waals surface area contributed by atoms with Crippen LogP contribution < -0.4 is 5.32 Å². The number of aryl methyl sites for hydroxylation is 2. The molecular formula is C13H20N4S. The molecule has 0 saturated carbocycles. The molecule has 0 saturated heterocycles. The average molecular weight is 264 g/mol. The molecule has 0 fully saturated rings. The first-order valence-corrected chi connectivity index (χ1v) is 7.21. The lowest BCUT2D eigenvalue weighted by Crippen LogP contribution is -2.30. The lowest BCUT2D eigenvalue weighted by molar-refractivity contribution is 0.468. The third-order valence-corrected chi connectivity index (χ3v) is 3.97. The largest absolute Gasteiger partial charge is 0.334 e. The topological polar surface area (TPSA) is 42.7 Å². The Bertz CT molecular complexity index is 489. The second-order valence-corrected chi connectivity index (χ2v) is 5.44. The summed E-state index contributed by atoms with van der Waals surface area (Å²) in [7, 11) is 0. The zero-order valence-electron chi connectivity index (χ0n) is 11.2. The van der Waals surface area contributed by atoms with E-state index in [-0.39, 0.29) is 0 Å². The van der Waals surface area contributed by atoms with E-state index in [9.17, 15) is 0 Å². The van der Waals surface area contributed by atoms with Crippen LogP contribution in [0.2, 0.25) is 0 Å². The second-order valence-electron chi connectivity index (χ2n) is 4.49. The lowest BCUT2D eigenvalue weighted by Gasteiger charge is -2.14. The van der Waals surface area contributed by atoms with Gasteiger partial charge < -0.3 is 9.88 Å². The van der Waals surface area contributed by atoms with Gasteiger partial charge in [-0.15, -0.1) is 11.3 Å². The van der Waals surface area contributed by atoms with E-state index in [2.05, 4.69) is 39.1 Å². The molecule has 2 aromatic rings. The fraction of sp³-hybridized carbons (Fsp3) is 0.538. The summed E-state index contributed by atoms with van der Waals surface area (Å²) in [6.45, 7) is 8.13. The molecule has 1 N–H and O–H groups in total. The van der Waals surface area contributed by atoms with Gasteiger partial charge in [-0.2, -0.15) is 0 Å². The van der Waals surface area contributed by atoms with Crippen molar-refractivity contribution in [1.82, 2.24) is 19.9 Å². The molecular weight excluding hydrogens is 244 g/mol. The molecule has 0 bridgehead atoms. The molecule has 1 atom stereocenters. The van der Waals surface area contributed by atoms with Gasteiger partial charge in [0.15, 0.2) is 0 Å². The molecule has 0 aliphatic heterocycles. The molecule has 2 heterocycles. The zero-order valence-corrected chi connectivity index (χ0v) is 12.0. The summed E-state index contributed by atoms with van der Waals surface area (Å²) in [6.07, 6.45) is 4.88. The average Bonchev–Trinajstić information content (AvgIpc) is 2.97. The first-order valence-electron chi connectivity index (χ1n) is 6.33. The lowest BCUT2D eigenvalue weighted by atomic mass is 10.3. The number of hydrogen-bond donors (Lipinski definition) is 1. The van der Waals surface area contributed by atoms with Crippen molar-refractivity contribution in [2.75, 3.05) is 0 Å². The van der Waals surface area contributed by atoms with Gasteiger partial charge in [0.1, 0.15) is 5.82 Å². The van der Waals surface area contributed by atoms with Crippen LogP contribution in [0.4, 0.5) is 0 Å². The molecule has 2 rings (SSSR count). The number of hydrogen-bond acceptors (Lipinski definition) is 4. The van der Waals surface area contributed by atoms with Crippen LogP contribution in [-0.4, -0.2) is 20.6 Å². The van der Waals surface area contributed by atoms with E-state index < -0.39 is 0 Å². The van der Waals surface area contributed by atoms with Crippen molar-refractivity contribution in [3.8, 4) is 0 Å². The van der Waals surface area contributed by atoms with Gasteiger partial charge in [-0.05, 0) is 20.3 Å². The van der Waals surface area contributed by atoms with Crippen molar-refractivity contribution in [1.29, 1.82) is 0 Å². The standard InChI is InChI=1S/C13H20N4S/c1-4-13-16-12(9-18-13)7-15-10(2)8-17-6-5-14-11(17)3/h5-6,9-10,15H,4,7-8H2,1-3H3/t10-/m1/s1. The summed E-state index contributed by atoms with van der Waals surface area (Å²) in [6, 6.07) is 0.407. The van der Waals surface area contributed by atoms with Gasteiger partial charge in [0.05, 0.1) is 10.7 Å². The van der Waals surface area contributed by atoms with Crippen molar-refractivity contribution < 1.29 is 0 Å². The van der Waals surface area contributed by atoms with Crippen LogP contribution in [0.1, 0.15) is 30.4 Å². The van der Waals surface area contributed by atoms with E-state index in [1.54, 1.807) is 11.3 Å². The highest BCUT2D eigenvalue weighted by Gasteiger charge is 2.06. The Labute approximate surface area is 112 Å². The molecule has 5 heteroatoms. The predicted octanol–water partition coefficient (Wildman–Crippen LogP) is 2.39. The molecule has 0 amide bonds. The predicted molar refractivity (Wildman–Crippen MR) is 74.8 cm³/mol. The fourth-order valence-corrected chi connectivity index (χ4v) is 2.57. The van der Waals surface area contributed by atoms with Crippen molar-refractivity contribution in [3.63, 3.8) is 0 Å². The summed E-state index contributed by atoms with van der Waals surface area (Å²) in [5.74, 6) is 1.06. The number of aromatic nitrogens is 3. The molecule has 2 aromatic heterocycles. The molecule has 0 aliphatic rings. The van der Waals surface area contributed by atoms with Gasteiger partial charge in [0.2, 0.25) is 0 Å². The highest BCUT2D eigenvalue weighted by molar-refractivity contribution is 7.09. The monoisotopic (exact) mass is 264 g/mol. The Balaban J connectivity index is 1.81. The Morgan fingerprint density at radius 2 is 2.33 bits per heavy atom. The van der Waals surface area contributed by atoms with Crippen LogP contribution >= 0.6 is 11.3 Å². The Hall–Kier alpha value is -1.20. The third-order valence-electron chi connectivity index (χ3n) is 2.93. The molecule has 0 spiro atoms. The highest BCUT2D eigenvalue weighted by Crippen LogP contribution is 2.10.